The fraction of sp³-hybridized carbons (Fsp3) is 0.348. The van der Waals surface area contributed by atoms with E-state index in [9.17, 15) is 0 Å². The molecule has 3 rings (SSSR count). The molecule has 3 aromatic rings. The van der Waals surface area contributed by atoms with Gasteiger partial charge in [0, 0.05) is 39.1 Å². The van der Waals surface area contributed by atoms with Crippen molar-refractivity contribution >= 4 is 11.8 Å². The Bertz CT molecular complexity index is 1000. The minimum Gasteiger partial charge on any atom is -0.363 e. The Hall–Kier alpha value is -3.35. The van der Waals surface area contributed by atoms with Crippen LogP contribution in [-0.4, -0.2) is 41.4 Å². The SMILES string of the molecule is CCNC(=NCc1ccnc(N(C)C)c1)NCc1ccccc1-n1nc(C)cc1C. The lowest BCUT2D eigenvalue weighted by molar-refractivity contribution is 0.783. The molecule has 30 heavy (non-hydrogen) atoms. The molecule has 0 amide bonds. The van der Waals surface area contributed by atoms with Crippen LogP contribution in [0.4, 0.5) is 5.82 Å². The zero-order chi connectivity index (χ0) is 21.5. The van der Waals surface area contributed by atoms with Crippen molar-refractivity contribution in [2.45, 2.75) is 33.9 Å². The van der Waals surface area contributed by atoms with Crippen molar-refractivity contribution in [2.24, 2.45) is 4.99 Å². The van der Waals surface area contributed by atoms with E-state index in [-0.39, 0.29) is 0 Å². The summed E-state index contributed by atoms with van der Waals surface area (Å²) >= 11 is 0. The number of pyridine rings is 1. The lowest BCUT2D eigenvalue weighted by Gasteiger charge is -2.15. The molecule has 2 heterocycles. The van der Waals surface area contributed by atoms with Gasteiger partial charge in [-0.2, -0.15) is 5.10 Å². The van der Waals surface area contributed by atoms with E-state index in [4.69, 9.17) is 4.99 Å². The van der Waals surface area contributed by atoms with Crippen LogP contribution in [0.15, 0.2) is 53.7 Å². The van der Waals surface area contributed by atoms with Crippen molar-refractivity contribution < 1.29 is 0 Å². The Labute approximate surface area is 178 Å². The zero-order valence-corrected chi connectivity index (χ0v) is 18.5. The van der Waals surface area contributed by atoms with Crippen molar-refractivity contribution in [1.29, 1.82) is 0 Å². The van der Waals surface area contributed by atoms with Gasteiger partial charge in [-0.3, -0.25) is 0 Å². The number of hydrogen-bond donors (Lipinski definition) is 2. The van der Waals surface area contributed by atoms with Crippen LogP contribution in [0.1, 0.15) is 29.4 Å². The van der Waals surface area contributed by atoms with Crippen molar-refractivity contribution in [3.05, 3.63) is 71.2 Å². The topological polar surface area (TPSA) is 70.4 Å². The highest BCUT2D eigenvalue weighted by Gasteiger charge is 2.09. The molecule has 0 spiro atoms. The molecule has 7 nitrogen and oxygen atoms in total. The predicted octanol–water partition coefficient (Wildman–Crippen LogP) is 3.21. The summed E-state index contributed by atoms with van der Waals surface area (Å²) in [5.74, 6) is 1.71. The molecule has 0 atom stereocenters. The first-order valence-electron chi connectivity index (χ1n) is 10.2. The van der Waals surface area contributed by atoms with Gasteiger partial charge < -0.3 is 15.5 Å². The average Bonchev–Trinajstić information content (AvgIpc) is 3.08. The second kappa shape index (κ2) is 9.91. The van der Waals surface area contributed by atoms with Crippen LogP contribution in [0.2, 0.25) is 0 Å². The maximum atomic E-state index is 4.75. The molecule has 0 fully saturated rings. The van der Waals surface area contributed by atoms with Gasteiger partial charge in [0.2, 0.25) is 0 Å². The van der Waals surface area contributed by atoms with E-state index in [1.54, 1.807) is 0 Å². The number of aromatic nitrogens is 3. The fourth-order valence-corrected chi connectivity index (χ4v) is 3.23. The number of benzene rings is 1. The summed E-state index contributed by atoms with van der Waals surface area (Å²) in [6, 6.07) is 14.5. The van der Waals surface area contributed by atoms with Crippen molar-refractivity contribution in [1.82, 2.24) is 25.4 Å². The Morgan fingerprint density at radius 2 is 1.90 bits per heavy atom. The molecule has 7 heteroatoms. The van der Waals surface area contributed by atoms with Gasteiger partial charge in [0.1, 0.15) is 5.82 Å². The monoisotopic (exact) mass is 405 g/mol. The summed E-state index contributed by atoms with van der Waals surface area (Å²) in [4.78, 5) is 11.1. The third-order valence-corrected chi connectivity index (χ3v) is 4.71. The molecule has 158 valence electrons. The quantitative estimate of drug-likeness (QED) is 0.467. The first kappa shape index (κ1) is 21.4. The molecule has 0 aliphatic heterocycles. The second-order valence-electron chi connectivity index (χ2n) is 7.43. The number of hydrogen-bond acceptors (Lipinski definition) is 4. The Morgan fingerprint density at radius 3 is 2.60 bits per heavy atom. The lowest BCUT2D eigenvalue weighted by atomic mass is 10.1. The first-order valence-corrected chi connectivity index (χ1v) is 10.2. The number of nitrogens with zero attached hydrogens (tertiary/aromatic N) is 5. The van der Waals surface area contributed by atoms with Crippen LogP contribution >= 0.6 is 0 Å². The summed E-state index contributed by atoms with van der Waals surface area (Å²) in [7, 11) is 3.97. The summed E-state index contributed by atoms with van der Waals surface area (Å²) in [5, 5.41) is 11.4. The number of nitrogens with one attached hydrogen (secondary N) is 2. The largest absolute Gasteiger partial charge is 0.363 e. The van der Waals surface area contributed by atoms with Crippen LogP contribution in [0.3, 0.4) is 0 Å². The molecule has 1 aromatic carbocycles. The molecule has 2 N–H and O–H groups in total. The minimum absolute atomic E-state index is 0.581. The molecule has 0 bridgehead atoms. The minimum atomic E-state index is 0.581. The average molecular weight is 406 g/mol. The van der Waals surface area contributed by atoms with E-state index in [2.05, 4.69) is 64.9 Å². The maximum Gasteiger partial charge on any atom is 0.191 e. The van der Waals surface area contributed by atoms with Gasteiger partial charge in [0.15, 0.2) is 5.96 Å². The summed E-state index contributed by atoms with van der Waals surface area (Å²) in [6.07, 6.45) is 1.82. The standard InChI is InChI=1S/C23H31N7/c1-6-24-23(26-15-19-11-12-25-22(14-19)29(4)5)27-16-20-9-7-8-10-21(20)30-18(3)13-17(2)28-30/h7-14H,6,15-16H2,1-5H3,(H2,24,26,27). The van der Waals surface area contributed by atoms with Gasteiger partial charge in [-0.05, 0) is 56.2 Å². The van der Waals surface area contributed by atoms with Crippen LogP contribution in [0.25, 0.3) is 5.69 Å². The van der Waals surface area contributed by atoms with Crippen LogP contribution < -0.4 is 15.5 Å². The third kappa shape index (κ3) is 5.37. The third-order valence-electron chi connectivity index (χ3n) is 4.71. The van der Waals surface area contributed by atoms with Crippen LogP contribution in [-0.2, 0) is 13.1 Å². The Morgan fingerprint density at radius 1 is 1.10 bits per heavy atom. The highest BCUT2D eigenvalue weighted by Crippen LogP contribution is 2.17. The molecule has 0 unspecified atom stereocenters. The second-order valence-corrected chi connectivity index (χ2v) is 7.43. The van der Waals surface area contributed by atoms with Gasteiger partial charge in [-0.1, -0.05) is 18.2 Å². The molecular formula is C23H31N7. The maximum absolute atomic E-state index is 4.75. The molecule has 0 saturated heterocycles. The number of anilines is 1. The van der Waals surface area contributed by atoms with Gasteiger partial charge in [-0.15, -0.1) is 0 Å². The number of aliphatic imine (C=N–C) groups is 1. The van der Waals surface area contributed by atoms with Gasteiger partial charge in [0.25, 0.3) is 0 Å². The van der Waals surface area contributed by atoms with Crippen LogP contribution in [0, 0.1) is 13.8 Å². The van der Waals surface area contributed by atoms with E-state index >= 15 is 0 Å². The number of guanidine groups is 1. The molecule has 0 radical (unpaired) electrons. The number of aryl methyl sites for hydroxylation is 2. The summed E-state index contributed by atoms with van der Waals surface area (Å²) in [5.41, 5.74) is 5.49. The van der Waals surface area contributed by atoms with E-state index in [1.807, 2.05) is 48.9 Å². The smallest absolute Gasteiger partial charge is 0.191 e. The van der Waals surface area contributed by atoms with E-state index < -0.39 is 0 Å². The van der Waals surface area contributed by atoms with Gasteiger partial charge >= 0.3 is 0 Å². The normalized spacial score (nSPS) is 11.4. The van der Waals surface area contributed by atoms with E-state index in [0.717, 1.165) is 46.5 Å². The highest BCUT2D eigenvalue weighted by atomic mass is 15.3. The molecular weight excluding hydrogens is 374 g/mol. The molecule has 0 aliphatic carbocycles. The van der Waals surface area contributed by atoms with E-state index in [1.165, 1.54) is 0 Å². The van der Waals surface area contributed by atoms with E-state index in [0.29, 0.717) is 13.1 Å². The van der Waals surface area contributed by atoms with Crippen LogP contribution in [0.5, 0.6) is 0 Å². The lowest BCUT2D eigenvalue weighted by Crippen LogP contribution is -2.37. The predicted molar refractivity (Wildman–Crippen MR) is 123 cm³/mol. The fourth-order valence-electron chi connectivity index (χ4n) is 3.23. The molecule has 2 aromatic heterocycles. The van der Waals surface area contributed by atoms with Crippen molar-refractivity contribution in [3.8, 4) is 5.69 Å². The zero-order valence-electron chi connectivity index (χ0n) is 18.5. The number of para-hydroxylation sites is 1. The van der Waals surface area contributed by atoms with Crippen molar-refractivity contribution in [2.75, 3.05) is 25.5 Å². The molecule has 0 aliphatic rings. The first-order chi connectivity index (χ1) is 14.5. The Kier molecular flexibility index (Phi) is 7.06. The summed E-state index contributed by atoms with van der Waals surface area (Å²) in [6.45, 7) is 8.19. The van der Waals surface area contributed by atoms with Crippen molar-refractivity contribution in [3.63, 3.8) is 0 Å². The summed E-state index contributed by atoms with van der Waals surface area (Å²) < 4.78 is 2.00. The number of rotatable bonds is 7. The molecule has 0 saturated carbocycles. The Balaban J connectivity index is 1.75. The highest BCUT2D eigenvalue weighted by molar-refractivity contribution is 5.79. The van der Waals surface area contributed by atoms with Gasteiger partial charge in [-0.25, -0.2) is 14.7 Å². The van der Waals surface area contributed by atoms with Gasteiger partial charge in [0.05, 0.1) is 17.9 Å².